The second-order valence-electron chi connectivity index (χ2n) is 1.80. The van der Waals surface area contributed by atoms with E-state index < -0.39 is 0 Å². The molecule has 8 heavy (non-hydrogen) atoms. The Morgan fingerprint density at radius 1 is 1.38 bits per heavy atom. The van der Waals surface area contributed by atoms with Gasteiger partial charge < -0.3 is 0 Å². The zero-order valence-corrected chi connectivity index (χ0v) is 7.97. The van der Waals surface area contributed by atoms with E-state index in [9.17, 15) is 0 Å². The molecule has 0 saturated heterocycles. The van der Waals surface area contributed by atoms with Crippen LogP contribution >= 0.6 is 22.6 Å². The van der Waals surface area contributed by atoms with Crippen LogP contribution in [-0.4, -0.2) is 22.0 Å². The minimum atomic E-state index is 0.683. The highest BCUT2D eigenvalue weighted by molar-refractivity contribution is 14.1. The summed E-state index contributed by atoms with van der Waals surface area (Å²) < 4.78 is 0.683. The van der Waals surface area contributed by atoms with Gasteiger partial charge in [0, 0.05) is 0 Å². The lowest BCUT2D eigenvalue weighted by Gasteiger charge is -2.20. The van der Waals surface area contributed by atoms with Crippen molar-refractivity contribution in [3.8, 4) is 0 Å². The molecule has 0 radical (unpaired) electrons. The van der Waals surface area contributed by atoms with Crippen LogP contribution in [-0.2, 0) is 0 Å². The number of alkyl halides is 1. The minimum Gasteiger partial charge on any atom is -0.292 e. The first kappa shape index (κ1) is 8.69. The molecule has 0 bridgehead atoms. The summed E-state index contributed by atoms with van der Waals surface area (Å²) in [6.45, 7) is 8.94. The second kappa shape index (κ2) is 4.56. The molecule has 50 valence electrons. The van der Waals surface area contributed by atoms with E-state index in [2.05, 4.69) is 48.3 Å². The first-order valence-corrected chi connectivity index (χ1v) is 4.35. The van der Waals surface area contributed by atoms with Crippen LogP contribution < -0.4 is 0 Å². The van der Waals surface area contributed by atoms with Crippen LogP contribution in [0.2, 0.25) is 0 Å². The molecular weight excluding hydrogens is 213 g/mol. The molecule has 0 aromatic rings. The maximum absolute atomic E-state index is 2.43. The second-order valence-corrected chi connectivity index (χ2v) is 3.60. The van der Waals surface area contributed by atoms with E-state index in [1.807, 2.05) is 0 Å². The molecule has 2 heteroatoms. The van der Waals surface area contributed by atoms with Crippen LogP contribution in [0.3, 0.4) is 0 Å². The Kier molecular flexibility index (Phi) is 4.95. The predicted octanol–water partition coefficient (Wildman–Crippen LogP) is 2.11. The first-order chi connectivity index (χ1) is 3.72. The van der Waals surface area contributed by atoms with Crippen molar-refractivity contribution in [2.45, 2.75) is 24.8 Å². The summed E-state index contributed by atoms with van der Waals surface area (Å²) in [5.41, 5.74) is 0. The van der Waals surface area contributed by atoms with Gasteiger partial charge in [-0.05, 0) is 20.0 Å². The fourth-order valence-corrected chi connectivity index (χ4v) is 1.51. The average molecular weight is 227 g/mol. The van der Waals surface area contributed by atoms with Gasteiger partial charge in [-0.1, -0.05) is 36.4 Å². The minimum absolute atomic E-state index is 0.683. The van der Waals surface area contributed by atoms with Crippen molar-refractivity contribution in [1.82, 2.24) is 4.90 Å². The molecule has 0 spiro atoms. The third kappa shape index (κ3) is 2.87. The summed E-state index contributed by atoms with van der Waals surface area (Å²) in [6, 6.07) is 0. The number of rotatable bonds is 3. The Morgan fingerprint density at radius 3 is 1.75 bits per heavy atom. The predicted molar refractivity (Wildman–Crippen MR) is 46.4 cm³/mol. The summed E-state index contributed by atoms with van der Waals surface area (Å²) in [6.07, 6.45) is 0. The molecule has 0 aliphatic carbocycles. The topological polar surface area (TPSA) is 3.24 Å². The highest BCUT2D eigenvalue weighted by atomic mass is 127. The first-order valence-electron chi connectivity index (χ1n) is 3.10. The molecular formula is C6H14IN. The van der Waals surface area contributed by atoms with Crippen molar-refractivity contribution < 1.29 is 0 Å². The molecule has 1 nitrogen and oxygen atoms in total. The van der Waals surface area contributed by atoms with Crippen LogP contribution in [0.25, 0.3) is 0 Å². The van der Waals surface area contributed by atoms with Crippen molar-refractivity contribution in [2.24, 2.45) is 0 Å². The van der Waals surface area contributed by atoms with Gasteiger partial charge in [-0.3, -0.25) is 4.90 Å². The van der Waals surface area contributed by atoms with Crippen molar-refractivity contribution >= 4 is 22.6 Å². The van der Waals surface area contributed by atoms with Gasteiger partial charge in [-0.2, -0.15) is 0 Å². The van der Waals surface area contributed by atoms with E-state index in [0.717, 1.165) is 0 Å². The molecule has 0 aliphatic heterocycles. The smallest absolute Gasteiger partial charge is 0.0589 e. The van der Waals surface area contributed by atoms with E-state index in [1.54, 1.807) is 0 Å². The summed E-state index contributed by atoms with van der Waals surface area (Å²) in [7, 11) is 0. The summed E-state index contributed by atoms with van der Waals surface area (Å²) >= 11 is 2.43. The Bertz CT molecular complexity index is 50.5. The molecule has 0 aromatic carbocycles. The van der Waals surface area contributed by atoms with E-state index in [1.165, 1.54) is 13.1 Å². The molecule has 0 amide bonds. The lowest BCUT2D eigenvalue weighted by atomic mass is 10.5. The van der Waals surface area contributed by atoms with Gasteiger partial charge in [-0.15, -0.1) is 0 Å². The lowest BCUT2D eigenvalue weighted by Crippen LogP contribution is -2.27. The average Bonchev–Trinajstić information content (AvgIpc) is 1.69. The highest BCUT2D eigenvalue weighted by Gasteiger charge is 2.02. The zero-order chi connectivity index (χ0) is 6.57. The molecule has 0 heterocycles. The van der Waals surface area contributed by atoms with Crippen LogP contribution in [0.4, 0.5) is 0 Å². The van der Waals surface area contributed by atoms with Crippen molar-refractivity contribution in [3.63, 3.8) is 0 Å². The fourth-order valence-electron chi connectivity index (χ4n) is 0.727. The zero-order valence-electron chi connectivity index (χ0n) is 5.82. The van der Waals surface area contributed by atoms with Gasteiger partial charge >= 0.3 is 0 Å². The van der Waals surface area contributed by atoms with Crippen molar-refractivity contribution in [2.75, 3.05) is 13.1 Å². The Morgan fingerprint density at radius 2 is 1.75 bits per heavy atom. The largest absolute Gasteiger partial charge is 0.292 e. The van der Waals surface area contributed by atoms with E-state index >= 15 is 0 Å². The molecule has 1 unspecified atom stereocenters. The van der Waals surface area contributed by atoms with Gasteiger partial charge in [0.05, 0.1) is 4.05 Å². The maximum Gasteiger partial charge on any atom is 0.0589 e. The summed E-state index contributed by atoms with van der Waals surface area (Å²) in [5, 5.41) is 0. The Balaban J connectivity index is 3.35. The number of hydrogen-bond acceptors (Lipinski definition) is 1. The third-order valence-electron chi connectivity index (χ3n) is 1.32. The van der Waals surface area contributed by atoms with Gasteiger partial charge in [0.1, 0.15) is 0 Å². The number of halogens is 1. The van der Waals surface area contributed by atoms with Crippen LogP contribution in [0.5, 0.6) is 0 Å². The van der Waals surface area contributed by atoms with Crippen LogP contribution in [0.15, 0.2) is 0 Å². The maximum atomic E-state index is 2.43. The van der Waals surface area contributed by atoms with Crippen LogP contribution in [0, 0.1) is 0 Å². The normalized spacial score (nSPS) is 14.6. The molecule has 0 fully saturated rings. The standard InChI is InChI=1S/C6H14IN/c1-4-8(5-2)6(3)7/h6H,4-5H2,1-3H3. The SMILES string of the molecule is CCN(CC)C(C)I. The molecule has 0 N–H and O–H groups in total. The van der Waals surface area contributed by atoms with Crippen LogP contribution in [0.1, 0.15) is 20.8 Å². The van der Waals surface area contributed by atoms with Gasteiger partial charge in [0.15, 0.2) is 0 Å². The van der Waals surface area contributed by atoms with Crippen molar-refractivity contribution in [1.29, 1.82) is 0 Å². The molecule has 0 aromatic heterocycles. The summed E-state index contributed by atoms with van der Waals surface area (Å²) in [5.74, 6) is 0. The Labute approximate surface area is 65.6 Å². The van der Waals surface area contributed by atoms with Crippen molar-refractivity contribution in [3.05, 3.63) is 0 Å². The third-order valence-corrected chi connectivity index (χ3v) is 2.10. The van der Waals surface area contributed by atoms with Gasteiger partial charge in [-0.25, -0.2) is 0 Å². The quantitative estimate of drug-likeness (QED) is 0.405. The summed E-state index contributed by atoms with van der Waals surface area (Å²) in [4.78, 5) is 2.40. The van der Waals surface area contributed by atoms with E-state index in [4.69, 9.17) is 0 Å². The lowest BCUT2D eigenvalue weighted by molar-refractivity contribution is 0.308. The highest BCUT2D eigenvalue weighted by Crippen LogP contribution is 2.04. The van der Waals surface area contributed by atoms with E-state index in [-0.39, 0.29) is 0 Å². The molecule has 0 rings (SSSR count). The van der Waals surface area contributed by atoms with Gasteiger partial charge in [0.25, 0.3) is 0 Å². The van der Waals surface area contributed by atoms with E-state index in [0.29, 0.717) is 4.05 Å². The monoisotopic (exact) mass is 227 g/mol. The molecule has 0 aliphatic rings. The number of nitrogens with zero attached hydrogens (tertiary/aromatic N) is 1. The molecule has 1 atom stereocenters. The fraction of sp³-hybridized carbons (Fsp3) is 1.00. The number of hydrogen-bond donors (Lipinski definition) is 0. The Hall–Kier alpha value is 0.690. The molecule has 0 saturated carbocycles. The van der Waals surface area contributed by atoms with Gasteiger partial charge in [0.2, 0.25) is 0 Å².